The fourth-order valence-corrected chi connectivity index (χ4v) is 2.82. The molecular formula is C13H23BrOP2. The molecule has 2 unspecified atom stereocenters. The second kappa shape index (κ2) is 13.0. The number of rotatable bonds is 9. The molecule has 0 spiro atoms. The Hall–Kier alpha value is 0.520. The van der Waals surface area contributed by atoms with Gasteiger partial charge in [-0.05, 0) is 33.5 Å². The number of unbranched alkanes of at least 4 members (excludes halogenated alkanes) is 3. The lowest BCUT2D eigenvalue weighted by Gasteiger charge is -2.04. The maximum atomic E-state index is 5.63. The van der Waals surface area contributed by atoms with Crippen molar-refractivity contribution in [2.45, 2.75) is 32.3 Å². The highest BCUT2D eigenvalue weighted by molar-refractivity contribution is 8.02. The zero-order valence-corrected chi connectivity index (χ0v) is 14.3. The van der Waals surface area contributed by atoms with Crippen LogP contribution in [0.5, 0.6) is 0 Å². The van der Waals surface area contributed by atoms with E-state index in [1.165, 1.54) is 37.4 Å². The molecule has 0 aliphatic carbocycles. The fourth-order valence-electron chi connectivity index (χ4n) is 1.57. The van der Waals surface area contributed by atoms with Crippen molar-refractivity contribution in [3.63, 3.8) is 0 Å². The van der Waals surface area contributed by atoms with Gasteiger partial charge in [0.2, 0.25) is 0 Å². The van der Waals surface area contributed by atoms with Crippen LogP contribution in [0.15, 0.2) is 30.3 Å². The van der Waals surface area contributed by atoms with E-state index in [2.05, 4.69) is 33.2 Å². The van der Waals surface area contributed by atoms with E-state index in [0.29, 0.717) is 0 Å². The average molecular weight is 337 g/mol. The predicted octanol–water partition coefficient (Wildman–Crippen LogP) is 0.968. The van der Waals surface area contributed by atoms with E-state index in [1.807, 2.05) is 6.07 Å². The van der Waals surface area contributed by atoms with Gasteiger partial charge in [-0.3, -0.25) is 0 Å². The Kier molecular flexibility index (Phi) is 13.4. The molecule has 0 saturated heterocycles. The van der Waals surface area contributed by atoms with Crippen molar-refractivity contribution in [3.8, 4) is 0 Å². The minimum atomic E-state index is 0. The van der Waals surface area contributed by atoms with Crippen molar-refractivity contribution in [1.82, 2.24) is 0 Å². The van der Waals surface area contributed by atoms with Gasteiger partial charge in [0.25, 0.3) is 0 Å². The molecule has 0 bridgehead atoms. The van der Waals surface area contributed by atoms with Crippen LogP contribution in [0.1, 0.15) is 31.2 Å². The molecule has 1 aromatic rings. The zero-order chi connectivity index (χ0) is 11.5. The van der Waals surface area contributed by atoms with Crippen LogP contribution >= 0.6 is 17.2 Å². The Morgan fingerprint density at radius 2 is 1.71 bits per heavy atom. The van der Waals surface area contributed by atoms with Gasteiger partial charge in [0, 0.05) is 14.9 Å². The van der Waals surface area contributed by atoms with Crippen molar-refractivity contribution in [2.75, 3.05) is 12.8 Å². The van der Waals surface area contributed by atoms with Gasteiger partial charge >= 0.3 is 0 Å². The molecule has 0 saturated carbocycles. The van der Waals surface area contributed by atoms with Crippen LogP contribution in [0.25, 0.3) is 0 Å². The monoisotopic (exact) mass is 336 g/mol. The van der Waals surface area contributed by atoms with E-state index >= 15 is 0 Å². The molecule has 0 aliphatic rings. The topological polar surface area (TPSA) is 9.23 Å². The first-order valence-corrected chi connectivity index (χ1v) is 9.58. The van der Waals surface area contributed by atoms with E-state index in [9.17, 15) is 0 Å². The number of ether oxygens (including phenoxy) is 1. The van der Waals surface area contributed by atoms with E-state index in [4.69, 9.17) is 4.74 Å². The summed E-state index contributed by atoms with van der Waals surface area (Å²) < 4.78 is 5.63. The summed E-state index contributed by atoms with van der Waals surface area (Å²) in [6.07, 6.45) is 6.73. The normalized spacial score (nSPS) is 10.8. The summed E-state index contributed by atoms with van der Waals surface area (Å²) in [6.45, 7) is 1.67. The minimum Gasteiger partial charge on any atom is -1.00 e. The van der Waals surface area contributed by atoms with Crippen molar-refractivity contribution < 1.29 is 21.7 Å². The maximum absolute atomic E-state index is 5.63. The highest BCUT2D eigenvalue weighted by atomic mass is 79.9. The van der Waals surface area contributed by atoms with Gasteiger partial charge < -0.3 is 21.7 Å². The molecule has 0 aromatic heterocycles. The van der Waals surface area contributed by atoms with Gasteiger partial charge in [0.05, 0.1) is 6.61 Å². The highest BCUT2D eigenvalue weighted by Gasteiger charge is 1.93. The first-order chi connectivity index (χ1) is 7.93. The van der Waals surface area contributed by atoms with E-state index in [1.54, 1.807) is 0 Å². The van der Waals surface area contributed by atoms with Crippen molar-refractivity contribution in [1.29, 1.82) is 0 Å². The van der Waals surface area contributed by atoms with Crippen LogP contribution in [0, 0.1) is 0 Å². The molecule has 1 rings (SSSR count). The number of hydrogen-bond donors (Lipinski definition) is 0. The fraction of sp³-hybridized carbons (Fsp3) is 0.538. The first-order valence-electron chi connectivity index (χ1n) is 6.05. The standard InChI is InChI=1S/C13H22OP2.BrH/c15-16-11-7-2-1-6-10-14-12-13-8-4-3-5-9-13;/h3-5,8-9,16H,1-2,6-7,10-12,15H2;1H. The van der Waals surface area contributed by atoms with Gasteiger partial charge in [0.1, 0.15) is 0 Å². The lowest BCUT2D eigenvalue weighted by molar-refractivity contribution is -0.00000372. The molecule has 0 N–H and O–H groups in total. The van der Waals surface area contributed by atoms with Crippen LogP contribution in [-0.2, 0) is 11.3 Å². The smallest absolute Gasteiger partial charge is 0.0716 e. The van der Waals surface area contributed by atoms with Crippen LogP contribution in [0.3, 0.4) is 0 Å². The van der Waals surface area contributed by atoms with Gasteiger partial charge in [-0.25, -0.2) is 0 Å². The molecule has 4 heteroatoms. The summed E-state index contributed by atoms with van der Waals surface area (Å²) in [5.41, 5.74) is 1.27. The SMILES string of the molecule is [Br-].[PH3+]PCCCCCCOCc1ccccc1. The molecule has 0 amide bonds. The Balaban J connectivity index is 0.00000256. The minimum absolute atomic E-state index is 0. The highest BCUT2D eigenvalue weighted by Crippen LogP contribution is 2.21. The summed E-state index contributed by atoms with van der Waals surface area (Å²) in [7, 11) is 3.25. The quantitative estimate of drug-likeness (QED) is 0.482. The Morgan fingerprint density at radius 1 is 1.00 bits per heavy atom. The molecule has 0 fully saturated rings. The largest absolute Gasteiger partial charge is 1.00 e. The summed E-state index contributed by atoms with van der Waals surface area (Å²) in [5.74, 6) is 0. The first kappa shape index (κ1) is 17.5. The molecule has 2 atom stereocenters. The van der Waals surface area contributed by atoms with E-state index in [0.717, 1.165) is 21.5 Å². The van der Waals surface area contributed by atoms with Crippen LogP contribution in [-0.4, -0.2) is 12.8 Å². The van der Waals surface area contributed by atoms with Gasteiger partial charge in [-0.1, -0.05) is 43.2 Å². The Labute approximate surface area is 120 Å². The molecule has 1 aromatic carbocycles. The van der Waals surface area contributed by atoms with Crippen LogP contribution in [0.2, 0.25) is 0 Å². The summed E-state index contributed by atoms with van der Waals surface area (Å²) in [5, 5.41) is 0. The van der Waals surface area contributed by atoms with E-state index in [-0.39, 0.29) is 17.0 Å². The van der Waals surface area contributed by atoms with Crippen molar-refractivity contribution >= 4 is 17.2 Å². The lowest BCUT2D eigenvalue weighted by atomic mass is 10.2. The average Bonchev–Trinajstić information content (AvgIpc) is 2.34. The molecule has 1 nitrogen and oxygen atoms in total. The molecule has 0 aliphatic heterocycles. The predicted molar refractivity (Wildman–Crippen MR) is 78.9 cm³/mol. The Morgan fingerprint density at radius 3 is 2.41 bits per heavy atom. The Bertz CT molecular complexity index is 257. The van der Waals surface area contributed by atoms with Crippen LogP contribution < -0.4 is 17.0 Å². The van der Waals surface area contributed by atoms with Crippen LogP contribution in [0.4, 0.5) is 0 Å². The third-order valence-electron chi connectivity index (χ3n) is 2.50. The maximum Gasteiger partial charge on any atom is 0.0716 e. The molecule has 98 valence electrons. The van der Waals surface area contributed by atoms with Crippen molar-refractivity contribution in [3.05, 3.63) is 35.9 Å². The van der Waals surface area contributed by atoms with Gasteiger partial charge in [-0.2, -0.15) is 0 Å². The molecule has 0 radical (unpaired) electrons. The van der Waals surface area contributed by atoms with Gasteiger partial charge in [-0.15, -0.1) is 0 Å². The third-order valence-corrected chi connectivity index (χ3v) is 4.27. The third kappa shape index (κ3) is 10.2. The summed E-state index contributed by atoms with van der Waals surface area (Å²) in [6, 6.07) is 10.4. The number of benzene rings is 1. The number of hydrogen-bond acceptors (Lipinski definition) is 1. The summed E-state index contributed by atoms with van der Waals surface area (Å²) >= 11 is 0. The van der Waals surface area contributed by atoms with E-state index < -0.39 is 0 Å². The molecule has 17 heavy (non-hydrogen) atoms. The second-order valence-electron chi connectivity index (χ2n) is 3.95. The molecule has 0 heterocycles. The second-order valence-corrected chi connectivity index (χ2v) is 6.45. The molecular weight excluding hydrogens is 314 g/mol. The van der Waals surface area contributed by atoms with Crippen molar-refractivity contribution in [2.24, 2.45) is 0 Å². The lowest BCUT2D eigenvalue weighted by Crippen LogP contribution is -3.00. The van der Waals surface area contributed by atoms with Gasteiger partial charge in [0.15, 0.2) is 0 Å². The zero-order valence-electron chi connectivity index (χ0n) is 10.3. The summed E-state index contributed by atoms with van der Waals surface area (Å²) in [4.78, 5) is 0. The number of halogens is 1.